The SMILES string of the molecule is COc1ccc(NC(=O)CSc2nnc3c4cnn(-c5ccccc5)c4ncn23)cc1. The lowest BCUT2D eigenvalue weighted by Gasteiger charge is -2.06. The van der Waals surface area contributed by atoms with E-state index in [1.54, 1.807) is 53.0 Å². The Hall–Kier alpha value is -3.92. The Kier molecular flexibility index (Phi) is 4.97. The van der Waals surface area contributed by atoms with Crippen molar-refractivity contribution in [3.05, 3.63) is 67.1 Å². The molecule has 0 radical (unpaired) electrons. The minimum Gasteiger partial charge on any atom is -0.497 e. The maximum atomic E-state index is 12.3. The molecule has 2 aromatic carbocycles. The number of carbonyl (C=O) groups excluding carboxylic acids is 1. The van der Waals surface area contributed by atoms with Gasteiger partial charge in [0.1, 0.15) is 12.1 Å². The first kappa shape index (κ1) is 19.1. The highest BCUT2D eigenvalue weighted by Crippen LogP contribution is 2.24. The average Bonchev–Trinajstić information content (AvgIpc) is 3.43. The smallest absolute Gasteiger partial charge is 0.234 e. The highest BCUT2D eigenvalue weighted by molar-refractivity contribution is 7.99. The summed E-state index contributed by atoms with van der Waals surface area (Å²) >= 11 is 1.29. The highest BCUT2D eigenvalue weighted by atomic mass is 32.2. The molecule has 0 atom stereocenters. The van der Waals surface area contributed by atoms with Crippen LogP contribution >= 0.6 is 11.8 Å². The van der Waals surface area contributed by atoms with Crippen molar-refractivity contribution in [1.82, 2.24) is 29.4 Å². The van der Waals surface area contributed by atoms with Gasteiger partial charge in [-0.15, -0.1) is 10.2 Å². The Balaban J connectivity index is 1.34. The number of anilines is 1. The zero-order chi connectivity index (χ0) is 21.2. The third-order valence-electron chi connectivity index (χ3n) is 4.65. The molecule has 31 heavy (non-hydrogen) atoms. The van der Waals surface area contributed by atoms with Gasteiger partial charge in [-0.1, -0.05) is 30.0 Å². The van der Waals surface area contributed by atoms with E-state index in [-0.39, 0.29) is 11.7 Å². The van der Waals surface area contributed by atoms with Gasteiger partial charge in [0.05, 0.1) is 30.1 Å². The number of ether oxygens (including phenoxy) is 1. The number of benzene rings is 2. The largest absolute Gasteiger partial charge is 0.497 e. The summed E-state index contributed by atoms with van der Waals surface area (Å²) in [5.41, 5.74) is 2.96. The van der Waals surface area contributed by atoms with Crippen LogP contribution in [0.15, 0.2) is 72.3 Å². The van der Waals surface area contributed by atoms with Crippen LogP contribution < -0.4 is 10.1 Å². The summed E-state index contributed by atoms with van der Waals surface area (Å²) in [5.74, 6) is 0.781. The number of aromatic nitrogens is 6. The molecule has 0 aliphatic heterocycles. The first-order chi connectivity index (χ1) is 15.2. The van der Waals surface area contributed by atoms with Crippen molar-refractivity contribution < 1.29 is 9.53 Å². The molecule has 0 aliphatic rings. The number of methoxy groups -OCH3 is 1. The summed E-state index contributed by atoms with van der Waals surface area (Å²) in [6.07, 6.45) is 3.38. The fraction of sp³-hybridized carbons (Fsp3) is 0.0952. The number of hydrogen-bond donors (Lipinski definition) is 1. The zero-order valence-corrected chi connectivity index (χ0v) is 17.3. The summed E-state index contributed by atoms with van der Waals surface area (Å²) in [7, 11) is 1.60. The second kappa shape index (κ2) is 8.07. The van der Waals surface area contributed by atoms with Gasteiger partial charge in [0.25, 0.3) is 0 Å². The second-order valence-electron chi connectivity index (χ2n) is 6.62. The molecule has 10 heteroatoms. The molecule has 154 valence electrons. The number of para-hydroxylation sites is 1. The number of nitrogens with one attached hydrogen (secondary N) is 1. The van der Waals surface area contributed by atoms with Crippen LogP contribution in [0.25, 0.3) is 22.4 Å². The number of carbonyl (C=O) groups is 1. The lowest BCUT2D eigenvalue weighted by molar-refractivity contribution is -0.113. The van der Waals surface area contributed by atoms with E-state index in [1.165, 1.54) is 11.8 Å². The summed E-state index contributed by atoms with van der Waals surface area (Å²) in [4.78, 5) is 16.9. The molecule has 0 bridgehead atoms. The van der Waals surface area contributed by atoms with E-state index in [0.29, 0.717) is 22.1 Å². The van der Waals surface area contributed by atoms with E-state index in [2.05, 4.69) is 25.6 Å². The van der Waals surface area contributed by atoms with Crippen molar-refractivity contribution in [2.45, 2.75) is 5.16 Å². The van der Waals surface area contributed by atoms with Crippen molar-refractivity contribution in [2.75, 3.05) is 18.2 Å². The molecule has 1 amide bonds. The van der Waals surface area contributed by atoms with Crippen LogP contribution in [0, 0.1) is 0 Å². The Morgan fingerprint density at radius 3 is 2.65 bits per heavy atom. The molecule has 1 N–H and O–H groups in total. The maximum Gasteiger partial charge on any atom is 0.234 e. The first-order valence-corrected chi connectivity index (χ1v) is 10.4. The summed E-state index contributed by atoms with van der Waals surface area (Å²) in [6.45, 7) is 0. The number of fused-ring (bicyclic) bond motifs is 3. The van der Waals surface area contributed by atoms with Gasteiger partial charge < -0.3 is 10.1 Å². The fourth-order valence-corrected chi connectivity index (χ4v) is 3.86. The lowest BCUT2D eigenvalue weighted by atomic mass is 10.3. The van der Waals surface area contributed by atoms with Gasteiger partial charge in [-0.05, 0) is 36.4 Å². The van der Waals surface area contributed by atoms with Crippen molar-refractivity contribution in [3.63, 3.8) is 0 Å². The third-order valence-corrected chi connectivity index (χ3v) is 5.59. The molecule has 5 aromatic rings. The number of nitrogens with zero attached hydrogens (tertiary/aromatic N) is 6. The van der Waals surface area contributed by atoms with Gasteiger partial charge in [-0.2, -0.15) is 5.10 Å². The molecule has 9 nitrogen and oxygen atoms in total. The highest BCUT2D eigenvalue weighted by Gasteiger charge is 2.15. The molecule has 0 saturated carbocycles. The van der Waals surface area contributed by atoms with Crippen LogP contribution in [0.4, 0.5) is 5.69 Å². The van der Waals surface area contributed by atoms with Crippen molar-refractivity contribution in [1.29, 1.82) is 0 Å². The summed E-state index contributed by atoms with van der Waals surface area (Å²) < 4.78 is 8.65. The van der Waals surface area contributed by atoms with E-state index < -0.39 is 0 Å². The second-order valence-corrected chi connectivity index (χ2v) is 7.56. The van der Waals surface area contributed by atoms with Crippen molar-refractivity contribution in [3.8, 4) is 11.4 Å². The Labute approximate surface area is 181 Å². The fourth-order valence-electron chi connectivity index (χ4n) is 3.16. The van der Waals surface area contributed by atoms with E-state index in [0.717, 1.165) is 16.8 Å². The monoisotopic (exact) mass is 431 g/mol. The minimum atomic E-state index is -0.141. The van der Waals surface area contributed by atoms with Crippen LogP contribution in [-0.2, 0) is 4.79 Å². The Bertz CT molecular complexity index is 1360. The van der Waals surface area contributed by atoms with Crippen LogP contribution in [0.2, 0.25) is 0 Å². The van der Waals surface area contributed by atoms with E-state index in [1.807, 2.05) is 30.3 Å². The van der Waals surface area contributed by atoms with Gasteiger partial charge in [-0.25, -0.2) is 9.67 Å². The topological polar surface area (TPSA) is 99.2 Å². The van der Waals surface area contributed by atoms with Gasteiger partial charge in [-0.3, -0.25) is 9.20 Å². The summed E-state index contributed by atoms with van der Waals surface area (Å²) in [6, 6.07) is 16.9. The van der Waals surface area contributed by atoms with Crippen LogP contribution in [0.1, 0.15) is 0 Å². The van der Waals surface area contributed by atoms with Gasteiger partial charge in [0.2, 0.25) is 5.91 Å². The molecular formula is C21H17N7O2S. The molecular weight excluding hydrogens is 414 g/mol. The number of thioether (sulfide) groups is 1. The maximum absolute atomic E-state index is 12.3. The number of hydrogen-bond acceptors (Lipinski definition) is 7. The predicted molar refractivity (Wildman–Crippen MR) is 118 cm³/mol. The molecule has 3 heterocycles. The van der Waals surface area contributed by atoms with Gasteiger partial charge in [0, 0.05) is 5.69 Å². The van der Waals surface area contributed by atoms with Crippen LogP contribution in [0.3, 0.4) is 0 Å². The third kappa shape index (κ3) is 3.68. The summed E-state index contributed by atoms with van der Waals surface area (Å²) in [5, 5.41) is 17.2. The molecule has 0 spiro atoms. The van der Waals surface area contributed by atoms with Crippen molar-refractivity contribution >= 4 is 40.0 Å². The van der Waals surface area contributed by atoms with Crippen LogP contribution in [0.5, 0.6) is 5.75 Å². The number of amides is 1. The molecule has 0 saturated heterocycles. The number of rotatable bonds is 6. The predicted octanol–water partition coefficient (Wildman–Crippen LogP) is 3.20. The van der Waals surface area contributed by atoms with Gasteiger partial charge in [0.15, 0.2) is 16.5 Å². The van der Waals surface area contributed by atoms with Gasteiger partial charge >= 0.3 is 0 Å². The normalized spacial score (nSPS) is 11.1. The molecule has 0 fully saturated rings. The molecule has 0 aliphatic carbocycles. The molecule has 3 aromatic heterocycles. The minimum absolute atomic E-state index is 0.141. The Morgan fingerprint density at radius 1 is 1.06 bits per heavy atom. The average molecular weight is 431 g/mol. The lowest BCUT2D eigenvalue weighted by Crippen LogP contribution is -2.14. The van der Waals surface area contributed by atoms with E-state index >= 15 is 0 Å². The molecule has 0 unspecified atom stereocenters. The standard InChI is InChI=1S/C21H17N7O2S/c1-30-16-9-7-14(8-10-16)24-18(29)12-31-21-26-25-20-17-11-23-28(15-5-3-2-4-6-15)19(17)22-13-27(20)21/h2-11,13H,12H2,1H3,(H,24,29). The van der Waals surface area contributed by atoms with Crippen LogP contribution in [-0.4, -0.2) is 48.1 Å². The molecule has 5 rings (SSSR count). The van der Waals surface area contributed by atoms with E-state index in [4.69, 9.17) is 4.74 Å². The Morgan fingerprint density at radius 2 is 1.87 bits per heavy atom. The zero-order valence-electron chi connectivity index (χ0n) is 16.5. The van der Waals surface area contributed by atoms with Crippen molar-refractivity contribution in [2.24, 2.45) is 0 Å². The first-order valence-electron chi connectivity index (χ1n) is 9.42. The van der Waals surface area contributed by atoms with E-state index in [9.17, 15) is 4.79 Å². The quantitative estimate of drug-likeness (QED) is 0.412.